The molecular weight excluding hydrogens is 405 g/mol. The Morgan fingerprint density at radius 1 is 1.09 bits per heavy atom. The van der Waals surface area contributed by atoms with Crippen LogP contribution < -0.4 is 0 Å². The predicted octanol–water partition coefficient (Wildman–Crippen LogP) is 4.22. The van der Waals surface area contributed by atoms with Crippen LogP contribution in [0, 0.1) is 12.7 Å². The van der Waals surface area contributed by atoms with Crippen LogP contribution in [0.3, 0.4) is 0 Å². The van der Waals surface area contributed by atoms with Gasteiger partial charge in [0.2, 0.25) is 17.2 Å². The zero-order valence-electron chi connectivity index (χ0n) is 18.0. The largest absolute Gasteiger partial charge is 0.466 e. The second kappa shape index (κ2) is 8.04. The van der Waals surface area contributed by atoms with Gasteiger partial charge >= 0.3 is 0 Å². The van der Waals surface area contributed by atoms with Gasteiger partial charge in [0, 0.05) is 12.0 Å². The van der Waals surface area contributed by atoms with Crippen molar-refractivity contribution in [2.75, 3.05) is 7.05 Å². The molecule has 5 rings (SSSR count). The summed E-state index contributed by atoms with van der Waals surface area (Å²) in [7, 11) is 1.96. The molecule has 2 aromatic carbocycles. The molecule has 6 heteroatoms. The third-order valence-corrected chi connectivity index (χ3v) is 5.83. The molecule has 0 aliphatic carbocycles. The highest BCUT2D eigenvalue weighted by molar-refractivity contribution is 6.45. The van der Waals surface area contributed by atoms with E-state index in [9.17, 15) is 9.18 Å². The van der Waals surface area contributed by atoms with Gasteiger partial charge in [0.15, 0.2) is 0 Å². The number of aryl methyl sites for hydroxylation is 1. The summed E-state index contributed by atoms with van der Waals surface area (Å²) >= 11 is 0. The van der Waals surface area contributed by atoms with Crippen LogP contribution in [0.25, 0.3) is 5.70 Å². The van der Waals surface area contributed by atoms with E-state index in [-0.39, 0.29) is 11.7 Å². The van der Waals surface area contributed by atoms with Gasteiger partial charge in [0.1, 0.15) is 30.4 Å². The van der Waals surface area contributed by atoms with Gasteiger partial charge in [-0.25, -0.2) is 9.38 Å². The van der Waals surface area contributed by atoms with Crippen LogP contribution in [0.2, 0.25) is 0 Å². The number of carbonyl (C=O) groups excluding carboxylic acids is 1. The van der Waals surface area contributed by atoms with Crippen LogP contribution >= 0.6 is 0 Å². The van der Waals surface area contributed by atoms with Gasteiger partial charge in [-0.15, -0.1) is 0 Å². The number of halogens is 1. The molecule has 1 unspecified atom stereocenters. The Bertz CT molecular complexity index is 1290. The number of fused-ring (bicyclic) bond motifs is 1. The maximum Gasteiger partial charge on any atom is 0.257 e. The SMILES string of the molecule is Cc1ccc(CC2N=C3C(Cc4cccc(F)c4)=[N+](C)C(c4ccccc4)=CN3C2=O)o1. The zero-order valence-corrected chi connectivity index (χ0v) is 18.0. The molecule has 0 bridgehead atoms. The van der Waals surface area contributed by atoms with Crippen LogP contribution in [-0.2, 0) is 17.6 Å². The van der Waals surface area contributed by atoms with Crippen LogP contribution in [0.5, 0.6) is 0 Å². The Labute approximate surface area is 185 Å². The van der Waals surface area contributed by atoms with Crippen molar-refractivity contribution in [1.29, 1.82) is 0 Å². The number of hydrogen-bond acceptors (Lipinski definition) is 3. The standard InChI is InChI=1S/C26H23FN3O2/c1-17-11-12-21(32-17)15-22-26(31)30-16-24(19-8-4-3-5-9-19)29(2)23(25(30)28-22)14-18-7-6-10-20(27)13-18/h3-13,16,22H,14-15H2,1-2H3/q+1. The van der Waals surface area contributed by atoms with Crippen molar-refractivity contribution in [2.45, 2.75) is 25.8 Å². The number of furan rings is 1. The number of amidine groups is 1. The topological polar surface area (TPSA) is 48.8 Å². The van der Waals surface area contributed by atoms with E-state index in [1.807, 2.05) is 73.3 Å². The summed E-state index contributed by atoms with van der Waals surface area (Å²) in [5.41, 5.74) is 3.55. The molecule has 3 aromatic rings. The lowest BCUT2D eigenvalue weighted by Crippen LogP contribution is -2.42. The monoisotopic (exact) mass is 428 g/mol. The first-order chi connectivity index (χ1) is 15.5. The van der Waals surface area contributed by atoms with Gasteiger partial charge in [0.25, 0.3) is 5.91 Å². The van der Waals surface area contributed by atoms with Crippen molar-refractivity contribution in [3.05, 3.63) is 101 Å². The van der Waals surface area contributed by atoms with Crippen molar-refractivity contribution >= 4 is 23.2 Å². The highest BCUT2D eigenvalue weighted by atomic mass is 19.1. The molecule has 2 aliphatic rings. The van der Waals surface area contributed by atoms with E-state index in [0.29, 0.717) is 18.7 Å². The normalized spacial score (nSPS) is 18.0. The third kappa shape index (κ3) is 3.68. The molecule has 1 amide bonds. The molecule has 160 valence electrons. The van der Waals surface area contributed by atoms with Gasteiger partial charge < -0.3 is 4.42 Å². The fourth-order valence-corrected chi connectivity index (χ4v) is 4.21. The number of aliphatic imine (C=N–C) groups is 1. The first kappa shape index (κ1) is 20.1. The van der Waals surface area contributed by atoms with Crippen molar-refractivity contribution in [3.63, 3.8) is 0 Å². The van der Waals surface area contributed by atoms with Gasteiger partial charge in [-0.05, 0) is 48.9 Å². The lowest BCUT2D eigenvalue weighted by molar-refractivity contribution is -0.396. The van der Waals surface area contributed by atoms with Gasteiger partial charge in [0.05, 0.1) is 12.6 Å². The number of nitrogens with zero attached hydrogens (tertiary/aromatic N) is 3. The van der Waals surface area contributed by atoms with Crippen molar-refractivity contribution < 1.29 is 18.2 Å². The predicted molar refractivity (Wildman–Crippen MR) is 121 cm³/mol. The number of hydrogen-bond donors (Lipinski definition) is 0. The fourth-order valence-electron chi connectivity index (χ4n) is 4.21. The summed E-state index contributed by atoms with van der Waals surface area (Å²) in [5.74, 6) is 1.77. The minimum absolute atomic E-state index is 0.0904. The molecule has 0 radical (unpaired) electrons. The van der Waals surface area contributed by atoms with E-state index < -0.39 is 6.04 Å². The van der Waals surface area contributed by atoms with Crippen LogP contribution in [-0.4, -0.2) is 40.0 Å². The average molecular weight is 428 g/mol. The zero-order chi connectivity index (χ0) is 22.2. The Morgan fingerprint density at radius 2 is 1.91 bits per heavy atom. The van der Waals surface area contributed by atoms with E-state index in [0.717, 1.165) is 34.1 Å². The van der Waals surface area contributed by atoms with Crippen LogP contribution in [0.1, 0.15) is 22.6 Å². The minimum Gasteiger partial charge on any atom is -0.466 e. The van der Waals surface area contributed by atoms with Gasteiger partial charge in [-0.1, -0.05) is 30.3 Å². The summed E-state index contributed by atoms with van der Waals surface area (Å²) in [6.07, 6.45) is 2.70. The third-order valence-electron chi connectivity index (χ3n) is 5.83. The lowest BCUT2D eigenvalue weighted by atomic mass is 10.0. The molecule has 0 saturated heterocycles. The van der Waals surface area contributed by atoms with Crippen molar-refractivity contribution in [1.82, 2.24) is 4.90 Å². The number of amides is 1. The van der Waals surface area contributed by atoms with Crippen LogP contribution in [0.15, 0.2) is 82.3 Å². The van der Waals surface area contributed by atoms with Crippen molar-refractivity contribution in [3.8, 4) is 0 Å². The first-order valence-electron chi connectivity index (χ1n) is 10.6. The summed E-state index contributed by atoms with van der Waals surface area (Å²) in [6, 6.07) is 19.6. The van der Waals surface area contributed by atoms with E-state index >= 15 is 0 Å². The number of benzene rings is 2. The molecule has 32 heavy (non-hydrogen) atoms. The maximum atomic E-state index is 13.9. The summed E-state index contributed by atoms with van der Waals surface area (Å²) in [4.78, 5) is 19.7. The molecule has 5 nitrogen and oxygen atoms in total. The maximum absolute atomic E-state index is 13.9. The number of rotatable bonds is 5. The highest BCUT2D eigenvalue weighted by Gasteiger charge is 2.43. The molecule has 0 N–H and O–H groups in total. The first-order valence-corrected chi connectivity index (χ1v) is 10.6. The summed E-state index contributed by atoms with van der Waals surface area (Å²) in [6.45, 7) is 1.88. The molecule has 1 aromatic heterocycles. The summed E-state index contributed by atoms with van der Waals surface area (Å²) < 4.78 is 21.6. The molecule has 0 spiro atoms. The Kier molecular flexibility index (Phi) is 5.05. The van der Waals surface area contributed by atoms with Crippen LogP contribution in [0.4, 0.5) is 4.39 Å². The highest BCUT2D eigenvalue weighted by Crippen LogP contribution is 2.27. The quantitative estimate of drug-likeness (QED) is 0.572. The summed E-state index contributed by atoms with van der Waals surface area (Å²) in [5, 5.41) is 0. The Morgan fingerprint density at radius 3 is 2.62 bits per heavy atom. The molecule has 1 atom stereocenters. The second-order valence-corrected chi connectivity index (χ2v) is 8.09. The minimum atomic E-state index is -0.558. The van der Waals surface area contributed by atoms with E-state index in [1.165, 1.54) is 12.1 Å². The lowest BCUT2D eigenvalue weighted by Gasteiger charge is -2.21. The van der Waals surface area contributed by atoms with E-state index in [1.54, 1.807) is 11.0 Å². The molecule has 3 heterocycles. The second-order valence-electron chi connectivity index (χ2n) is 8.09. The van der Waals surface area contributed by atoms with Crippen molar-refractivity contribution in [2.24, 2.45) is 4.99 Å². The molecule has 0 saturated carbocycles. The number of carbonyl (C=O) groups is 1. The Balaban J connectivity index is 1.57. The van der Waals surface area contributed by atoms with Gasteiger partial charge in [-0.3, -0.25) is 9.69 Å². The molecule has 0 fully saturated rings. The van der Waals surface area contributed by atoms with E-state index in [2.05, 4.69) is 0 Å². The van der Waals surface area contributed by atoms with E-state index in [4.69, 9.17) is 9.41 Å². The average Bonchev–Trinajstić information content (AvgIpc) is 3.33. The Hall–Kier alpha value is -3.80. The smallest absolute Gasteiger partial charge is 0.257 e. The molecule has 2 aliphatic heterocycles. The van der Waals surface area contributed by atoms with Gasteiger partial charge in [-0.2, -0.15) is 4.58 Å². The molecular formula is C26H23FN3O2+. The fraction of sp³-hybridized carbons (Fsp3) is 0.192.